The summed E-state index contributed by atoms with van der Waals surface area (Å²) < 4.78 is 41.5. The Morgan fingerprint density at radius 2 is 1.79 bits per heavy atom. The molecular weight excluding hydrogens is 486 g/mol. The van der Waals surface area contributed by atoms with Gasteiger partial charge in [-0.25, -0.2) is 9.38 Å². The van der Waals surface area contributed by atoms with E-state index in [1.165, 1.54) is 24.4 Å². The van der Waals surface area contributed by atoms with Crippen LogP contribution in [0.4, 0.5) is 18.9 Å². The molecule has 1 saturated heterocycles. The maximum atomic E-state index is 13.0. The van der Waals surface area contributed by atoms with Gasteiger partial charge < -0.3 is 20.3 Å². The van der Waals surface area contributed by atoms with Crippen molar-refractivity contribution >= 4 is 35.6 Å². The highest BCUT2D eigenvalue weighted by atomic mass is 127. The Labute approximate surface area is 178 Å². The molecule has 10 heteroatoms. The Kier molecular flexibility index (Phi) is 8.15. The predicted molar refractivity (Wildman–Crippen MR) is 112 cm³/mol. The van der Waals surface area contributed by atoms with Crippen molar-refractivity contribution in [2.75, 3.05) is 31.1 Å². The summed E-state index contributed by atoms with van der Waals surface area (Å²) in [5.74, 6) is 0.155. The lowest BCUT2D eigenvalue weighted by molar-refractivity contribution is -0.0500. The fourth-order valence-electron chi connectivity index (χ4n) is 2.78. The van der Waals surface area contributed by atoms with Gasteiger partial charge in [0.15, 0.2) is 5.96 Å². The number of alkyl halides is 2. The fourth-order valence-corrected chi connectivity index (χ4v) is 2.78. The first-order chi connectivity index (χ1) is 13.0. The number of hydrogen-bond acceptors (Lipinski definition) is 4. The van der Waals surface area contributed by atoms with E-state index in [0.29, 0.717) is 24.7 Å². The van der Waals surface area contributed by atoms with Gasteiger partial charge in [0.1, 0.15) is 11.6 Å². The van der Waals surface area contributed by atoms with E-state index in [-0.39, 0.29) is 42.1 Å². The Morgan fingerprint density at radius 1 is 1.11 bits per heavy atom. The van der Waals surface area contributed by atoms with Crippen LogP contribution >= 0.6 is 24.0 Å². The molecule has 0 unspecified atom stereocenters. The number of guanidine groups is 1. The van der Waals surface area contributed by atoms with E-state index in [0.717, 1.165) is 18.8 Å². The number of aromatic nitrogens is 1. The van der Waals surface area contributed by atoms with E-state index >= 15 is 0 Å². The molecule has 2 N–H and O–H groups in total. The number of rotatable bonds is 5. The van der Waals surface area contributed by atoms with Crippen molar-refractivity contribution < 1.29 is 17.9 Å². The molecule has 6 nitrogen and oxygen atoms in total. The summed E-state index contributed by atoms with van der Waals surface area (Å²) in [5.41, 5.74) is 7.63. The van der Waals surface area contributed by atoms with Crippen LogP contribution in [0, 0.1) is 5.82 Å². The van der Waals surface area contributed by atoms with Crippen molar-refractivity contribution in [3.63, 3.8) is 0 Å². The second-order valence-electron chi connectivity index (χ2n) is 5.99. The minimum Gasteiger partial charge on any atom is -0.433 e. The number of nitrogens with zero attached hydrogens (tertiary/aromatic N) is 4. The Morgan fingerprint density at radius 3 is 2.36 bits per heavy atom. The third kappa shape index (κ3) is 6.14. The van der Waals surface area contributed by atoms with Crippen molar-refractivity contribution in [2.24, 2.45) is 10.7 Å². The molecule has 2 aromatic rings. The molecule has 1 aliphatic heterocycles. The van der Waals surface area contributed by atoms with Gasteiger partial charge in [-0.3, -0.25) is 4.98 Å². The predicted octanol–water partition coefficient (Wildman–Crippen LogP) is 3.08. The summed E-state index contributed by atoms with van der Waals surface area (Å²) in [6.07, 6.45) is 1.23. The van der Waals surface area contributed by atoms with Crippen molar-refractivity contribution in [1.29, 1.82) is 0 Å². The van der Waals surface area contributed by atoms with E-state index < -0.39 is 6.61 Å². The van der Waals surface area contributed by atoms with Crippen molar-refractivity contribution in [1.82, 2.24) is 9.88 Å². The van der Waals surface area contributed by atoms with Gasteiger partial charge in [0, 0.05) is 31.9 Å². The highest BCUT2D eigenvalue weighted by Crippen LogP contribution is 2.17. The molecule has 0 atom stereocenters. The number of anilines is 1. The van der Waals surface area contributed by atoms with Crippen LogP contribution in [0.25, 0.3) is 0 Å². The maximum absolute atomic E-state index is 13.0. The topological polar surface area (TPSA) is 67.0 Å². The zero-order valence-electron chi connectivity index (χ0n) is 15.0. The van der Waals surface area contributed by atoms with Crippen LogP contribution in [0.1, 0.15) is 5.69 Å². The van der Waals surface area contributed by atoms with Crippen LogP contribution in [0.2, 0.25) is 0 Å². The monoisotopic (exact) mass is 507 g/mol. The standard InChI is InChI=1S/C18H20F3N5O.HI/c19-13-1-4-15(5-2-13)25-7-9-26(10-8-25)18(22)24-11-14-3-6-16(12-23-14)27-17(20)21;/h1-6,12,17H,7-11H2,(H2,22,24);1H. The zero-order valence-corrected chi connectivity index (χ0v) is 17.3. The first-order valence-electron chi connectivity index (χ1n) is 8.46. The smallest absolute Gasteiger partial charge is 0.387 e. The molecule has 0 radical (unpaired) electrons. The third-order valence-corrected chi connectivity index (χ3v) is 4.22. The van der Waals surface area contributed by atoms with Gasteiger partial charge in [-0.2, -0.15) is 8.78 Å². The molecule has 1 aromatic carbocycles. The lowest BCUT2D eigenvalue weighted by Gasteiger charge is -2.36. The Balaban J connectivity index is 0.00000280. The van der Waals surface area contributed by atoms with E-state index in [9.17, 15) is 13.2 Å². The van der Waals surface area contributed by atoms with Crippen LogP contribution in [-0.4, -0.2) is 48.6 Å². The van der Waals surface area contributed by atoms with Crippen LogP contribution in [-0.2, 0) is 6.54 Å². The van der Waals surface area contributed by atoms with E-state index in [2.05, 4.69) is 19.6 Å². The quantitative estimate of drug-likeness (QED) is 0.383. The summed E-state index contributed by atoms with van der Waals surface area (Å²) in [5, 5.41) is 0. The van der Waals surface area contributed by atoms with Gasteiger partial charge in [-0.1, -0.05) is 0 Å². The molecule has 0 aliphatic carbocycles. The average Bonchev–Trinajstić information content (AvgIpc) is 2.67. The molecule has 28 heavy (non-hydrogen) atoms. The third-order valence-electron chi connectivity index (χ3n) is 4.22. The summed E-state index contributed by atoms with van der Waals surface area (Å²) in [7, 11) is 0. The van der Waals surface area contributed by atoms with Gasteiger partial charge in [-0.15, -0.1) is 24.0 Å². The summed E-state index contributed by atoms with van der Waals surface area (Å²) in [6.45, 7) is 0.265. The molecule has 0 saturated carbocycles. The summed E-state index contributed by atoms with van der Waals surface area (Å²) in [6, 6.07) is 9.40. The highest BCUT2D eigenvalue weighted by molar-refractivity contribution is 14.0. The largest absolute Gasteiger partial charge is 0.433 e. The molecule has 1 aliphatic rings. The van der Waals surface area contributed by atoms with E-state index in [1.807, 2.05) is 4.90 Å². The molecule has 3 rings (SSSR count). The fraction of sp³-hybridized carbons (Fsp3) is 0.333. The SMILES string of the molecule is I.NC(=NCc1ccc(OC(F)F)cn1)N1CCN(c2ccc(F)cc2)CC1. The number of aliphatic imine (C=N–C) groups is 1. The van der Waals surface area contributed by atoms with Crippen molar-refractivity contribution in [3.8, 4) is 5.75 Å². The van der Waals surface area contributed by atoms with E-state index in [4.69, 9.17) is 5.73 Å². The minimum absolute atomic E-state index is 0. The lowest BCUT2D eigenvalue weighted by Crippen LogP contribution is -2.51. The first kappa shape index (κ1) is 22.1. The van der Waals surface area contributed by atoms with Gasteiger partial charge in [-0.05, 0) is 36.4 Å². The van der Waals surface area contributed by atoms with Gasteiger partial charge >= 0.3 is 6.61 Å². The Hall–Kier alpha value is -2.24. The number of nitrogens with two attached hydrogens (primary N) is 1. The summed E-state index contributed by atoms with van der Waals surface area (Å²) in [4.78, 5) is 12.5. The number of ether oxygens (including phenoxy) is 1. The van der Waals surface area contributed by atoms with Crippen LogP contribution in [0.3, 0.4) is 0 Å². The first-order valence-corrected chi connectivity index (χ1v) is 8.46. The van der Waals surface area contributed by atoms with Gasteiger partial charge in [0.25, 0.3) is 0 Å². The second-order valence-corrected chi connectivity index (χ2v) is 5.99. The molecule has 152 valence electrons. The molecule has 1 aromatic heterocycles. The van der Waals surface area contributed by atoms with Crippen LogP contribution < -0.4 is 15.4 Å². The molecule has 1 fully saturated rings. The second kappa shape index (κ2) is 10.3. The average molecular weight is 507 g/mol. The number of hydrogen-bond donors (Lipinski definition) is 1. The summed E-state index contributed by atoms with van der Waals surface area (Å²) >= 11 is 0. The van der Waals surface area contributed by atoms with Crippen molar-refractivity contribution in [2.45, 2.75) is 13.2 Å². The molecular formula is C18H21F3IN5O. The molecule has 0 amide bonds. The lowest BCUT2D eigenvalue weighted by atomic mass is 10.2. The maximum Gasteiger partial charge on any atom is 0.387 e. The highest BCUT2D eigenvalue weighted by Gasteiger charge is 2.18. The zero-order chi connectivity index (χ0) is 19.2. The molecule has 0 bridgehead atoms. The number of benzene rings is 1. The van der Waals surface area contributed by atoms with Crippen LogP contribution in [0.15, 0.2) is 47.6 Å². The van der Waals surface area contributed by atoms with Crippen molar-refractivity contribution in [3.05, 3.63) is 54.1 Å². The van der Waals surface area contributed by atoms with Gasteiger partial charge in [0.2, 0.25) is 0 Å². The molecule has 2 heterocycles. The van der Waals surface area contributed by atoms with E-state index in [1.54, 1.807) is 18.2 Å². The number of halogens is 4. The van der Waals surface area contributed by atoms with Gasteiger partial charge in [0.05, 0.1) is 18.4 Å². The minimum atomic E-state index is -2.88. The Bertz CT molecular complexity index is 766. The number of pyridine rings is 1. The normalized spacial score (nSPS) is 14.8. The van der Waals surface area contributed by atoms with Crippen LogP contribution in [0.5, 0.6) is 5.75 Å². The number of piperazine rings is 1. The molecule has 0 spiro atoms.